The Balaban J connectivity index is 1.93. The Bertz CT molecular complexity index is 473. The van der Waals surface area contributed by atoms with Crippen molar-refractivity contribution in [2.45, 2.75) is 19.3 Å². The highest BCUT2D eigenvalue weighted by Crippen LogP contribution is 2.06. The molecule has 0 fully saturated rings. The first kappa shape index (κ1) is 12.7. The number of rotatable bonds is 6. The molecule has 4 heteroatoms. The molecule has 18 heavy (non-hydrogen) atoms. The Morgan fingerprint density at radius 1 is 0.944 bits per heavy atom. The second-order valence-electron chi connectivity index (χ2n) is 4.14. The molecule has 2 N–H and O–H groups in total. The van der Waals surface area contributed by atoms with Gasteiger partial charge in [-0.2, -0.15) is 0 Å². The molecular weight excluding hydrogens is 226 g/mol. The van der Waals surface area contributed by atoms with Gasteiger partial charge in [-0.1, -0.05) is 30.3 Å². The van der Waals surface area contributed by atoms with E-state index < -0.39 is 0 Å². The number of nitrogens with zero attached hydrogens (tertiary/aromatic N) is 2. The zero-order valence-corrected chi connectivity index (χ0v) is 10.2. The highest BCUT2D eigenvalue weighted by Gasteiger charge is 2.00. The van der Waals surface area contributed by atoms with Gasteiger partial charge in [0.2, 0.25) is 0 Å². The van der Waals surface area contributed by atoms with Gasteiger partial charge < -0.3 is 5.21 Å². The van der Waals surface area contributed by atoms with E-state index >= 15 is 0 Å². The van der Waals surface area contributed by atoms with Gasteiger partial charge in [-0.15, -0.1) is 0 Å². The molecule has 0 radical (unpaired) electrons. The molecule has 1 aromatic heterocycles. The van der Waals surface area contributed by atoms with Gasteiger partial charge in [0.15, 0.2) is 0 Å². The highest BCUT2D eigenvalue weighted by atomic mass is 16.5. The van der Waals surface area contributed by atoms with Gasteiger partial charge in [0.05, 0.1) is 0 Å². The van der Waals surface area contributed by atoms with Crippen molar-refractivity contribution >= 4 is 0 Å². The quantitative estimate of drug-likeness (QED) is 0.759. The van der Waals surface area contributed by atoms with Crippen LogP contribution < -0.4 is 5.48 Å². The molecule has 0 saturated carbocycles. The summed E-state index contributed by atoms with van der Waals surface area (Å²) in [6, 6.07) is 12.4. The molecule has 0 aliphatic heterocycles. The van der Waals surface area contributed by atoms with Crippen LogP contribution in [0.2, 0.25) is 0 Å². The number of hydrogen-bond donors (Lipinski definition) is 2. The van der Waals surface area contributed by atoms with Crippen LogP contribution in [-0.2, 0) is 19.3 Å². The van der Waals surface area contributed by atoms with E-state index in [-0.39, 0.29) is 0 Å². The maximum Gasteiger partial charge on any atom is 0.115 e. The topological polar surface area (TPSA) is 58.0 Å². The first-order valence-electron chi connectivity index (χ1n) is 6.09. The van der Waals surface area contributed by atoms with Crippen LogP contribution in [0.25, 0.3) is 0 Å². The molecule has 0 amide bonds. The number of aromatic nitrogens is 2. The zero-order valence-electron chi connectivity index (χ0n) is 10.2. The van der Waals surface area contributed by atoms with Crippen molar-refractivity contribution in [1.82, 2.24) is 15.4 Å². The summed E-state index contributed by atoms with van der Waals surface area (Å²) in [6.45, 7) is 0.509. The maximum atomic E-state index is 8.56. The predicted octanol–water partition coefficient (Wildman–Crippen LogP) is 1.78. The lowest BCUT2D eigenvalue weighted by Crippen LogP contribution is -2.12. The number of hydroxylamine groups is 1. The van der Waals surface area contributed by atoms with Crippen LogP contribution in [0, 0.1) is 0 Å². The minimum atomic E-state index is 0.509. The molecule has 1 aromatic carbocycles. The standard InChI is InChI=1S/C14H17N3O/c18-17-9-8-14-10-13(15-11-16-14)7-6-12-4-2-1-3-5-12/h1-5,10-11,17-18H,6-9H2. The molecule has 0 aliphatic carbocycles. The fraction of sp³-hybridized carbons (Fsp3) is 0.286. The van der Waals surface area contributed by atoms with Crippen LogP contribution in [0.1, 0.15) is 17.0 Å². The summed E-state index contributed by atoms with van der Waals surface area (Å²) >= 11 is 0. The van der Waals surface area contributed by atoms with Crippen LogP contribution in [0.3, 0.4) is 0 Å². The smallest absolute Gasteiger partial charge is 0.115 e. The molecule has 0 spiro atoms. The van der Waals surface area contributed by atoms with Gasteiger partial charge in [-0.25, -0.2) is 15.4 Å². The Hall–Kier alpha value is -1.78. The molecule has 1 heterocycles. The Morgan fingerprint density at radius 3 is 2.39 bits per heavy atom. The van der Waals surface area contributed by atoms with Crippen molar-refractivity contribution in [1.29, 1.82) is 0 Å². The van der Waals surface area contributed by atoms with Crippen LogP contribution in [-0.4, -0.2) is 21.7 Å². The molecule has 2 aromatic rings. The number of aryl methyl sites for hydroxylation is 2. The van der Waals surface area contributed by atoms with Gasteiger partial charge >= 0.3 is 0 Å². The van der Waals surface area contributed by atoms with E-state index in [1.165, 1.54) is 5.56 Å². The third-order valence-corrected chi connectivity index (χ3v) is 2.79. The van der Waals surface area contributed by atoms with E-state index in [0.29, 0.717) is 13.0 Å². The van der Waals surface area contributed by atoms with E-state index in [1.807, 2.05) is 24.3 Å². The predicted molar refractivity (Wildman–Crippen MR) is 69.4 cm³/mol. The fourth-order valence-corrected chi connectivity index (χ4v) is 1.82. The molecule has 0 saturated heterocycles. The maximum absolute atomic E-state index is 8.56. The molecule has 4 nitrogen and oxygen atoms in total. The van der Waals surface area contributed by atoms with Crippen molar-refractivity contribution in [2.24, 2.45) is 0 Å². The van der Waals surface area contributed by atoms with Gasteiger partial charge in [0.1, 0.15) is 6.33 Å². The molecular formula is C14H17N3O. The van der Waals surface area contributed by atoms with E-state index in [0.717, 1.165) is 24.2 Å². The van der Waals surface area contributed by atoms with Gasteiger partial charge in [-0.3, -0.25) is 0 Å². The first-order valence-corrected chi connectivity index (χ1v) is 6.09. The highest BCUT2D eigenvalue weighted by molar-refractivity contribution is 5.17. The average molecular weight is 243 g/mol. The van der Waals surface area contributed by atoms with E-state index in [1.54, 1.807) is 6.33 Å². The van der Waals surface area contributed by atoms with Crippen LogP contribution in [0.15, 0.2) is 42.7 Å². The lowest BCUT2D eigenvalue weighted by atomic mass is 10.1. The Labute approximate surface area is 107 Å². The van der Waals surface area contributed by atoms with Crippen molar-refractivity contribution in [2.75, 3.05) is 6.54 Å². The SMILES string of the molecule is ONCCc1cc(CCc2ccccc2)ncn1. The lowest BCUT2D eigenvalue weighted by Gasteiger charge is -2.04. The van der Waals surface area contributed by atoms with Crippen molar-refractivity contribution < 1.29 is 5.21 Å². The number of hydrogen-bond acceptors (Lipinski definition) is 4. The summed E-state index contributed by atoms with van der Waals surface area (Å²) in [7, 11) is 0. The Kier molecular flexibility index (Phi) is 4.81. The second kappa shape index (κ2) is 6.83. The van der Waals surface area contributed by atoms with Gasteiger partial charge in [0.25, 0.3) is 0 Å². The van der Waals surface area contributed by atoms with Crippen LogP contribution in [0.4, 0.5) is 0 Å². The summed E-state index contributed by atoms with van der Waals surface area (Å²) in [6.07, 6.45) is 4.19. The van der Waals surface area contributed by atoms with Crippen molar-refractivity contribution in [3.8, 4) is 0 Å². The zero-order chi connectivity index (χ0) is 12.6. The largest absolute Gasteiger partial charge is 0.317 e. The van der Waals surface area contributed by atoms with E-state index in [2.05, 4.69) is 27.6 Å². The first-order chi connectivity index (χ1) is 8.88. The summed E-state index contributed by atoms with van der Waals surface area (Å²) in [4.78, 5) is 8.44. The molecule has 0 bridgehead atoms. The average Bonchev–Trinajstić information content (AvgIpc) is 2.44. The Morgan fingerprint density at radius 2 is 1.67 bits per heavy atom. The minimum absolute atomic E-state index is 0.509. The molecule has 0 unspecified atom stereocenters. The van der Waals surface area contributed by atoms with Crippen LogP contribution in [0.5, 0.6) is 0 Å². The lowest BCUT2D eigenvalue weighted by molar-refractivity contribution is 0.168. The molecule has 0 aliphatic rings. The summed E-state index contributed by atoms with van der Waals surface area (Å²) in [5, 5.41) is 8.56. The van der Waals surface area contributed by atoms with E-state index in [4.69, 9.17) is 5.21 Å². The monoisotopic (exact) mass is 243 g/mol. The van der Waals surface area contributed by atoms with Crippen molar-refractivity contribution in [3.05, 3.63) is 59.7 Å². The second-order valence-corrected chi connectivity index (χ2v) is 4.14. The normalized spacial score (nSPS) is 10.5. The third-order valence-electron chi connectivity index (χ3n) is 2.79. The van der Waals surface area contributed by atoms with Gasteiger partial charge in [-0.05, 0) is 24.5 Å². The molecule has 2 rings (SSSR count). The number of benzene rings is 1. The summed E-state index contributed by atoms with van der Waals surface area (Å²) in [5.41, 5.74) is 5.44. The molecule has 0 atom stereocenters. The minimum Gasteiger partial charge on any atom is -0.317 e. The fourth-order valence-electron chi connectivity index (χ4n) is 1.82. The van der Waals surface area contributed by atoms with Crippen molar-refractivity contribution in [3.63, 3.8) is 0 Å². The van der Waals surface area contributed by atoms with Crippen LogP contribution >= 0.6 is 0 Å². The molecule has 94 valence electrons. The number of nitrogens with one attached hydrogen (secondary N) is 1. The summed E-state index contributed by atoms with van der Waals surface area (Å²) in [5.74, 6) is 0. The summed E-state index contributed by atoms with van der Waals surface area (Å²) < 4.78 is 0. The van der Waals surface area contributed by atoms with E-state index in [9.17, 15) is 0 Å². The third kappa shape index (κ3) is 3.91. The van der Waals surface area contributed by atoms with Gasteiger partial charge in [0, 0.05) is 24.4 Å².